The molecule has 1 atom stereocenters. The van der Waals surface area contributed by atoms with Gasteiger partial charge in [-0.3, -0.25) is 10.1 Å². The van der Waals surface area contributed by atoms with E-state index < -0.39 is 18.0 Å². The number of rotatable bonds is 4. The predicted molar refractivity (Wildman–Crippen MR) is 73.8 cm³/mol. The van der Waals surface area contributed by atoms with E-state index in [9.17, 15) is 9.59 Å². The molecule has 0 saturated carbocycles. The van der Waals surface area contributed by atoms with Gasteiger partial charge in [0.25, 0.3) is 5.91 Å². The van der Waals surface area contributed by atoms with Gasteiger partial charge in [-0.25, -0.2) is 4.79 Å². The fourth-order valence-corrected chi connectivity index (χ4v) is 1.51. The van der Waals surface area contributed by atoms with Crippen molar-refractivity contribution in [2.24, 2.45) is 0 Å². The number of benzene rings is 1. The third-order valence-corrected chi connectivity index (χ3v) is 2.89. The molecule has 0 aliphatic carbocycles. The van der Waals surface area contributed by atoms with Crippen molar-refractivity contribution in [1.82, 2.24) is 10.6 Å². The summed E-state index contributed by atoms with van der Waals surface area (Å²) in [4.78, 5) is 22.8. The Morgan fingerprint density at radius 3 is 2.58 bits per heavy atom. The van der Waals surface area contributed by atoms with Gasteiger partial charge in [0.15, 0.2) is 6.10 Å². The van der Waals surface area contributed by atoms with Gasteiger partial charge in [-0.15, -0.1) is 0 Å². The molecule has 0 heterocycles. The van der Waals surface area contributed by atoms with E-state index in [1.807, 2.05) is 0 Å². The van der Waals surface area contributed by atoms with Crippen LogP contribution in [0, 0.1) is 0 Å². The quantitative estimate of drug-likeness (QED) is 0.898. The number of urea groups is 1. The number of amides is 3. The maximum Gasteiger partial charge on any atom is 0.321 e. The van der Waals surface area contributed by atoms with Crippen molar-refractivity contribution in [2.75, 3.05) is 6.54 Å². The summed E-state index contributed by atoms with van der Waals surface area (Å²) in [6.07, 6.45) is -0.833. The zero-order valence-corrected chi connectivity index (χ0v) is 12.0. The number of hydrogen-bond donors (Lipinski definition) is 2. The zero-order chi connectivity index (χ0) is 14.4. The SMILES string of the molecule is CCNC(=O)NC(=O)C(C)Oc1ccc(Cl)c(Cl)c1. The van der Waals surface area contributed by atoms with Gasteiger partial charge >= 0.3 is 6.03 Å². The van der Waals surface area contributed by atoms with Gasteiger partial charge in [0.05, 0.1) is 10.0 Å². The van der Waals surface area contributed by atoms with E-state index in [1.54, 1.807) is 19.1 Å². The Kier molecular flexibility index (Phi) is 5.92. The maximum atomic E-state index is 11.6. The first-order chi connectivity index (χ1) is 8.93. The van der Waals surface area contributed by atoms with Crippen molar-refractivity contribution in [3.63, 3.8) is 0 Å². The van der Waals surface area contributed by atoms with Gasteiger partial charge in [0.1, 0.15) is 5.75 Å². The average Bonchev–Trinajstić information content (AvgIpc) is 2.34. The smallest absolute Gasteiger partial charge is 0.321 e. The Labute approximate surface area is 121 Å². The number of halogens is 2. The van der Waals surface area contributed by atoms with Crippen LogP contribution in [0.4, 0.5) is 4.79 Å². The fraction of sp³-hybridized carbons (Fsp3) is 0.333. The van der Waals surface area contributed by atoms with Crippen LogP contribution in [0.3, 0.4) is 0 Å². The molecule has 0 spiro atoms. The first-order valence-corrected chi connectivity index (χ1v) is 6.40. The number of nitrogens with one attached hydrogen (secondary N) is 2. The summed E-state index contributed by atoms with van der Waals surface area (Å²) in [5.74, 6) is -0.148. The van der Waals surface area contributed by atoms with Crippen molar-refractivity contribution in [3.05, 3.63) is 28.2 Å². The largest absolute Gasteiger partial charge is 0.481 e. The minimum Gasteiger partial charge on any atom is -0.481 e. The minimum atomic E-state index is -0.833. The number of carbonyl (C=O) groups excluding carboxylic acids is 2. The molecule has 0 fully saturated rings. The molecule has 7 heteroatoms. The van der Waals surface area contributed by atoms with E-state index >= 15 is 0 Å². The lowest BCUT2D eigenvalue weighted by Gasteiger charge is -2.14. The Morgan fingerprint density at radius 2 is 2.00 bits per heavy atom. The lowest BCUT2D eigenvalue weighted by molar-refractivity contribution is -0.126. The Hall–Kier alpha value is -1.46. The standard InChI is InChI=1S/C12H14Cl2N2O3/c1-3-15-12(18)16-11(17)7(2)19-8-4-5-9(13)10(14)6-8/h4-7H,3H2,1-2H3,(H2,15,16,17,18). The third-order valence-electron chi connectivity index (χ3n) is 2.15. The number of ether oxygens (including phenoxy) is 1. The molecule has 5 nitrogen and oxygen atoms in total. The summed E-state index contributed by atoms with van der Waals surface area (Å²) in [5, 5.41) is 5.33. The highest BCUT2D eigenvalue weighted by molar-refractivity contribution is 6.42. The van der Waals surface area contributed by atoms with Crippen molar-refractivity contribution in [1.29, 1.82) is 0 Å². The van der Waals surface area contributed by atoms with Gasteiger partial charge in [-0.1, -0.05) is 23.2 Å². The third kappa shape index (κ3) is 4.96. The topological polar surface area (TPSA) is 67.4 Å². The lowest BCUT2D eigenvalue weighted by Crippen LogP contribution is -2.45. The van der Waals surface area contributed by atoms with Crippen LogP contribution in [-0.2, 0) is 4.79 Å². The van der Waals surface area contributed by atoms with Crippen molar-refractivity contribution in [2.45, 2.75) is 20.0 Å². The molecule has 0 saturated heterocycles. The van der Waals surface area contributed by atoms with Crippen LogP contribution in [0.25, 0.3) is 0 Å². The molecular weight excluding hydrogens is 291 g/mol. The maximum absolute atomic E-state index is 11.6. The van der Waals surface area contributed by atoms with Gasteiger partial charge < -0.3 is 10.1 Å². The van der Waals surface area contributed by atoms with E-state index in [4.69, 9.17) is 27.9 Å². The fourth-order valence-electron chi connectivity index (χ4n) is 1.23. The number of hydrogen-bond acceptors (Lipinski definition) is 3. The van der Waals surface area contributed by atoms with Gasteiger partial charge in [-0.05, 0) is 26.0 Å². The average molecular weight is 305 g/mol. The monoisotopic (exact) mass is 304 g/mol. The summed E-state index contributed by atoms with van der Waals surface area (Å²) < 4.78 is 5.36. The highest BCUT2D eigenvalue weighted by atomic mass is 35.5. The van der Waals surface area contributed by atoms with Crippen LogP contribution < -0.4 is 15.4 Å². The summed E-state index contributed by atoms with van der Waals surface area (Å²) in [6.45, 7) is 3.71. The number of carbonyl (C=O) groups is 2. The normalized spacial score (nSPS) is 11.6. The molecule has 0 bridgehead atoms. The highest BCUT2D eigenvalue weighted by Gasteiger charge is 2.17. The van der Waals surface area contributed by atoms with Crippen LogP contribution in [0.2, 0.25) is 10.0 Å². The second kappa shape index (κ2) is 7.21. The van der Waals surface area contributed by atoms with Gasteiger partial charge in [-0.2, -0.15) is 0 Å². The molecule has 1 aromatic rings. The zero-order valence-electron chi connectivity index (χ0n) is 10.5. The van der Waals surface area contributed by atoms with Crippen molar-refractivity contribution >= 4 is 35.1 Å². The molecule has 0 radical (unpaired) electrons. The molecule has 2 N–H and O–H groups in total. The first-order valence-electron chi connectivity index (χ1n) is 5.64. The van der Waals surface area contributed by atoms with Crippen molar-refractivity contribution in [3.8, 4) is 5.75 Å². The van der Waals surface area contributed by atoms with E-state index in [1.165, 1.54) is 13.0 Å². The van der Waals surface area contributed by atoms with Crippen LogP contribution in [0.1, 0.15) is 13.8 Å². The molecule has 1 rings (SSSR count). The highest BCUT2D eigenvalue weighted by Crippen LogP contribution is 2.26. The van der Waals surface area contributed by atoms with Crippen LogP contribution >= 0.6 is 23.2 Å². The van der Waals surface area contributed by atoms with Crippen LogP contribution in [0.5, 0.6) is 5.75 Å². The van der Waals surface area contributed by atoms with E-state index in [-0.39, 0.29) is 0 Å². The molecule has 19 heavy (non-hydrogen) atoms. The Morgan fingerprint density at radius 1 is 1.32 bits per heavy atom. The Balaban J connectivity index is 2.58. The van der Waals surface area contributed by atoms with Gasteiger partial charge in [0, 0.05) is 12.6 Å². The molecule has 0 aromatic heterocycles. The van der Waals surface area contributed by atoms with E-state index in [0.29, 0.717) is 22.3 Å². The summed E-state index contributed by atoms with van der Waals surface area (Å²) >= 11 is 11.6. The second-order valence-corrected chi connectivity index (χ2v) is 4.50. The molecule has 1 unspecified atom stereocenters. The lowest BCUT2D eigenvalue weighted by atomic mass is 10.3. The molecular formula is C12H14Cl2N2O3. The van der Waals surface area contributed by atoms with Crippen molar-refractivity contribution < 1.29 is 14.3 Å². The molecule has 1 aromatic carbocycles. The second-order valence-electron chi connectivity index (χ2n) is 3.68. The predicted octanol–water partition coefficient (Wildman–Crippen LogP) is 2.61. The van der Waals surface area contributed by atoms with E-state index in [0.717, 1.165) is 0 Å². The van der Waals surface area contributed by atoms with Gasteiger partial charge in [0.2, 0.25) is 0 Å². The summed E-state index contributed by atoms with van der Waals surface area (Å²) in [7, 11) is 0. The minimum absolute atomic E-state index is 0.329. The van der Waals surface area contributed by atoms with Crippen LogP contribution in [-0.4, -0.2) is 24.6 Å². The van der Waals surface area contributed by atoms with E-state index in [2.05, 4.69) is 10.6 Å². The summed E-state index contributed by atoms with van der Waals surface area (Å²) in [6, 6.07) is 4.09. The molecule has 3 amide bonds. The first kappa shape index (κ1) is 15.6. The molecule has 104 valence electrons. The molecule has 0 aliphatic rings. The molecule has 0 aliphatic heterocycles. The van der Waals surface area contributed by atoms with Crippen LogP contribution in [0.15, 0.2) is 18.2 Å². The summed E-state index contributed by atoms with van der Waals surface area (Å²) in [5.41, 5.74) is 0. The number of imide groups is 1. The Bertz CT molecular complexity index is 480.